The van der Waals surface area contributed by atoms with Gasteiger partial charge in [-0.25, -0.2) is 9.78 Å². The molecule has 1 aliphatic heterocycles. The van der Waals surface area contributed by atoms with E-state index in [4.69, 9.17) is 5.11 Å². The number of thiazole rings is 1. The predicted octanol–water partition coefficient (Wildman–Crippen LogP) is 1.89. The minimum Gasteiger partial charge on any atom is -0.465 e. The van der Waals surface area contributed by atoms with Crippen molar-refractivity contribution in [1.82, 2.24) is 15.2 Å². The van der Waals surface area contributed by atoms with Gasteiger partial charge in [-0.3, -0.25) is 9.69 Å². The molecule has 26 heavy (non-hydrogen) atoms. The number of aromatic nitrogens is 1. The van der Waals surface area contributed by atoms with Crippen molar-refractivity contribution in [2.45, 2.75) is 31.9 Å². The Hall–Kier alpha value is -2.45. The molecule has 138 valence electrons. The van der Waals surface area contributed by atoms with Crippen molar-refractivity contribution in [3.63, 3.8) is 0 Å². The molecule has 1 aromatic heterocycles. The molecule has 3 rings (SSSR count). The number of carbonyl (C=O) groups excluding carboxylic acids is 1. The quantitative estimate of drug-likeness (QED) is 0.741. The highest BCUT2D eigenvalue weighted by Crippen LogP contribution is 2.27. The van der Waals surface area contributed by atoms with Gasteiger partial charge in [0, 0.05) is 13.0 Å². The number of β-amino-alcohol motifs (C(OH)–C–C–N with tert-alkyl or cyclic N) is 1. The largest absolute Gasteiger partial charge is 0.465 e. The maximum absolute atomic E-state index is 12.2. The highest BCUT2D eigenvalue weighted by molar-refractivity contribution is 7.13. The zero-order valence-electron chi connectivity index (χ0n) is 14.4. The Morgan fingerprint density at radius 3 is 2.69 bits per heavy atom. The van der Waals surface area contributed by atoms with Crippen molar-refractivity contribution in [3.8, 4) is 10.4 Å². The van der Waals surface area contributed by atoms with Crippen molar-refractivity contribution in [2.24, 2.45) is 0 Å². The maximum atomic E-state index is 12.2. The maximum Gasteiger partial charge on any atom is 0.408 e. The van der Waals surface area contributed by atoms with Crippen LogP contribution in [0.2, 0.25) is 0 Å². The third-order valence-corrected chi connectivity index (χ3v) is 5.48. The van der Waals surface area contributed by atoms with E-state index < -0.39 is 18.2 Å². The summed E-state index contributed by atoms with van der Waals surface area (Å²) in [6.07, 6.45) is -1.18. The number of nitrogens with zero attached hydrogens (tertiary/aromatic N) is 2. The number of carbonyl (C=O) groups is 2. The summed E-state index contributed by atoms with van der Waals surface area (Å²) in [5.74, 6) is -0.360. The van der Waals surface area contributed by atoms with Crippen LogP contribution in [0.3, 0.4) is 0 Å². The smallest absolute Gasteiger partial charge is 0.408 e. The van der Waals surface area contributed by atoms with Crippen LogP contribution in [0.5, 0.6) is 0 Å². The molecule has 1 aliphatic rings. The number of aliphatic hydroxyl groups excluding tert-OH is 1. The van der Waals surface area contributed by atoms with E-state index in [0.29, 0.717) is 13.0 Å². The topological polar surface area (TPSA) is 103 Å². The van der Waals surface area contributed by atoms with Crippen molar-refractivity contribution in [2.75, 3.05) is 13.1 Å². The van der Waals surface area contributed by atoms with Crippen molar-refractivity contribution >= 4 is 23.3 Å². The van der Waals surface area contributed by atoms with E-state index in [9.17, 15) is 14.7 Å². The first-order valence-corrected chi connectivity index (χ1v) is 9.28. The molecule has 1 saturated heterocycles. The van der Waals surface area contributed by atoms with Crippen LogP contribution in [0.15, 0.2) is 29.8 Å². The zero-order chi connectivity index (χ0) is 18.7. The number of benzene rings is 1. The number of hydrogen-bond donors (Lipinski definition) is 3. The number of aliphatic hydroxyl groups is 1. The van der Waals surface area contributed by atoms with Crippen LogP contribution in [0.25, 0.3) is 10.4 Å². The molecule has 0 aliphatic carbocycles. The minimum atomic E-state index is -1.18. The van der Waals surface area contributed by atoms with E-state index in [2.05, 4.69) is 10.3 Å². The summed E-state index contributed by atoms with van der Waals surface area (Å²) in [5, 5.41) is 21.5. The zero-order valence-corrected chi connectivity index (χ0v) is 15.2. The number of amides is 2. The Bertz CT molecular complexity index is 790. The molecule has 2 aromatic rings. The molecule has 2 heterocycles. The lowest BCUT2D eigenvalue weighted by Gasteiger charge is -2.20. The standard InChI is InChI=1S/C18H21N3O4S/c1-11-16(26-10-20-11)13-4-2-12(3-5-13)6-7-19-17(23)15-8-14(22)9-21(15)18(24)25/h2-5,10,14-15,22H,6-9H2,1H3,(H,19,23)(H,24,25)/t14-,15-/m0/s1. The second-order valence-corrected chi connectivity index (χ2v) is 7.20. The monoisotopic (exact) mass is 375 g/mol. The van der Waals surface area contributed by atoms with Crippen LogP contribution in [-0.4, -0.2) is 57.3 Å². The van der Waals surface area contributed by atoms with Crippen LogP contribution in [0.1, 0.15) is 17.7 Å². The van der Waals surface area contributed by atoms with Gasteiger partial charge >= 0.3 is 6.09 Å². The average molecular weight is 375 g/mol. The molecule has 0 radical (unpaired) electrons. The summed E-state index contributed by atoms with van der Waals surface area (Å²) in [6, 6.07) is 7.29. The van der Waals surface area contributed by atoms with E-state index in [1.807, 2.05) is 36.7 Å². The second kappa shape index (κ2) is 7.84. The van der Waals surface area contributed by atoms with Gasteiger partial charge in [0.05, 0.1) is 28.7 Å². The minimum absolute atomic E-state index is 0.0219. The third kappa shape index (κ3) is 4.03. The molecule has 2 amide bonds. The molecule has 0 unspecified atom stereocenters. The Morgan fingerprint density at radius 1 is 1.35 bits per heavy atom. The van der Waals surface area contributed by atoms with Crippen LogP contribution in [0, 0.1) is 6.92 Å². The van der Waals surface area contributed by atoms with Gasteiger partial charge in [-0.05, 0) is 24.5 Å². The Morgan fingerprint density at radius 2 is 2.08 bits per heavy atom. The summed E-state index contributed by atoms with van der Waals surface area (Å²) < 4.78 is 0. The Labute approximate surface area is 155 Å². The van der Waals surface area contributed by atoms with Gasteiger partial charge in [0.25, 0.3) is 0 Å². The fourth-order valence-corrected chi connectivity index (χ4v) is 3.94. The normalized spacial score (nSPS) is 19.5. The number of aryl methyl sites for hydroxylation is 1. The first kappa shape index (κ1) is 18.3. The van der Waals surface area contributed by atoms with E-state index >= 15 is 0 Å². The molecule has 1 aromatic carbocycles. The highest BCUT2D eigenvalue weighted by Gasteiger charge is 2.38. The predicted molar refractivity (Wildman–Crippen MR) is 98.1 cm³/mol. The molecule has 3 N–H and O–H groups in total. The van der Waals surface area contributed by atoms with E-state index in [-0.39, 0.29) is 18.9 Å². The molecule has 0 spiro atoms. The fourth-order valence-electron chi connectivity index (χ4n) is 3.12. The third-order valence-electron chi connectivity index (χ3n) is 4.50. The molecule has 2 atom stereocenters. The molecular weight excluding hydrogens is 354 g/mol. The van der Waals surface area contributed by atoms with Crippen molar-refractivity contribution in [3.05, 3.63) is 41.0 Å². The number of hydrogen-bond acceptors (Lipinski definition) is 5. The number of rotatable bonds is 5. The van der Waals surface area contributed by atoms with Gasteiger partial charge in [-0.15, -0.1) is 11.3 Å². The van der Waals surface area contributed by atoms with E-state index in [1.54, 1.807) is 11.3 Å². The van der Waals surface area contributed by atoms with Crippen LogP contribution in [0.4, 0.5) is 4.79 Å². The first-order valence-electron chi connectivity index (χ1n) is 8.40. The number of carboxylic acid groups (broad SMARTS) is 1. The van der Waals surface area contributed by atoms with Gasteiger partial charge in [0.2, 0.25) is 5.91 Å². The molecular formula is C18H21N3O4S. The van der Waals surface area contributed by atoms with Crippen molar-refractivity contribution in [1.29, 1.82) is 0 Å². The molecule has 7 nitrogen and oxygen atoms in total. The summed E-state index contributed by atoms with van der Waals surface area (Å²) >= 11 is 1.61. The van der Waals surface area contributed by atoms with Gasteiger partial charge in [-0.1, -0.05) is 24.3 Å². The van der Waals surface area contributed by atoms with Crippen molar-refractivity contribution < 1.29 is 19.8 Å². The SMILES string of the molecule is Cc1ncsc1-c1ccc(CCNC(=O)[C@@H]2C[C@H](O)CN2C(=O)O)cc1. The first-order chi connectivity index (χ1) is 12.5. The molecule has 8 heteroatoms. The second-order valence-electron chi connectivity index (χ2n) is 6.35. The Kier molecular flexibility index (Phi) is 5.53. The fraction of sp³-hybridized carbons (Fsp3) is 0.389. The number of nitrogens with one attached hydrogen (secondary N) is 1. The van der Waals surface area contributed by atoms with Crippen LogP contribution < -0.4 is 5.32 Å². The number of likely N-dealkylation sites (tertiary alicyclic amines) is 1. The van der Waals surface area contributed by atoms with E-state index in [1.165, 1.54) is 0 Å². The van der Waals surface area contributed by atoms with Gasteiger partial charge in [0.15, 0.2) is 0 Å². The lowest BCUT2D eigenvalue weighted by atomic mass is 10.1. The summed E-state index contributed by atoms with van der Waals surface area (Å²) in [7, 11) is 0. The highest BCUT2D eigenvalue weighted by atomic mass is 32.1. The lowest BCUT2D eigenvalue weighted by Crippen LogP contribution is -2.45. The Balaban J connectivity index is 1.52. The van der Waals surface area contributed by atoms with Crippen LogP contribution >= 0.6 is 11.3 Å². The van der Waals surface area contributed by atoms with Gasteiger partial charge < -0.3 is 15.5 Å². The molecule has 0 bridgehead atoms. The van der Waals surface area contributed by atoms with Gasteiger partial charge in [0.1, 0.15) is 6.04 Å². The van der Waals surface area contributed by atoms with Gasteiger partial charge in [-0.2, -0.15) is 0 Å². The summed E-state index contributed by atoms with van der Waals surface area (Å²) in [5.41, 5.74) is 5.04. The van der Waals surface area contributed by atoms with Crippen LogP contribution in [-0.2, 0) is 11.2 Å². The lowest BCUT2D eigenvalue weighted by molar-refractivity contribution is -0.125. The summed E-state index contributed by atoms with van der Waals surface area (Å²) in [6.45, 7) is 2.37. The summed E-state index contributed by atoms with van der Waals surface area (Å²) in [4.78, 5) is 29.7. The molecule has 0 saturated carbocycles. The average Bonchev–Trinajstić information content (AvgIpc) is 3.21. The van der Waals surface area contributed by atoms with E-state index in [0.717, 1.165) is 26.6 Å². The molecule has 1 fully saturated rings.